The monoisotopic (exact) mass is 264 g/mol. The molecule has 0 aliphatic heterocycles. The molecule has 2 aromatic rings. The Bertz CT molecular complexity index is 504. The molecule has 6 heteroatoms. The van der Waals surface area contributed by atoms with E-state index >= 15 is 0 Å². The van der Waals surface area contributed by atoms with Gasteiger partial charge in [0.25, 0.3) is 0 Å². The van der Waals surface area contributed by atoms with Crippen LogP contribution in [-0.2, 0) is 0 Å². The van der Waals surface area contributed by atoms with Crippen LogP contribution in [0.4, 0.5) is 10.9 Å². The van der Waals surface area contributed by atoms with E-state index in [1.165, 1.54) is 16.2 Å². The van der Waals surface area contributed by atoms with E-state index in [0.717, 1.165) is 5.56 Å². The van der Waals surface area contributed by atoms with Crippen molar-refractivity contribution in [1.29, 1.82) is 0 Å². The van der Waals surface area contributed by atoms with Gasteiger partial charge in [-0.25, -0.2) is 4.98 Å². The van der Waals surface area contributed by atoms with Gasteiger partial charge in [-0.15, -0.1) is 23.1 Å². The molecule has 1 aromatic carbocycles. The minimum atomic E-state index is 0.511. The highest BCUT2D eigenvalue weighted by Crippen LogP contribution is 2.16. The third-order valence-electron chi connectivity index (χ3n) is 2.01. The molecule has 0 atom stereocenters. The van der Waals surface area contributed by atoms with Crippen LogP contribution in [0, 0.1) is 0 Å². The van der Waals surface area contributed by atoms with Crippen molar-refractivity contribution >= 4 is 40.3 Å². The van der Waals surface area contributed by atoms with Crippen LogP contribution in [0.25, 0.3) is 0 Å². The van der Waals surface area contributed by atoms with Gasteiger partial charge in [0.2, 0.25) is 5.13 Å². The molecular weight excluding hydrogens is 252 g/mol. The van der Waals surface area contributed by atoms with Crippen molar-refractivity contribution in [3.05, 3.63) is 35.2 Å². The topological polar surface area (TPSA) is 63.3 Å². The lowest BCUT2D eigenvalue weighted by Crippen LogP contribution is -1.91. The molecule has 0 saturated carbocycles. The summed E-state index contributed by atoms with van der Waals surface area (Å²) in [6.07, 6.45) is 3.80. The number of hydrogen-bond acceptors (Lipinski definition) is 6. The largest absolute Gasteiger partial charge is 0.383 e. The zero-order chi connectivity index (χ0) is 12.1. The smallest absolute Gasteiger partial charge is 0.205 e. The van der Waals surface area contributed by atoms with Crippen molar-refractivity contribution in [2.24, 2.45) is 5.10 Å². The van der Waals surface area contributed by atoms with E-state index in [1.807, 2.05) is 12.1 Å². The molecular formula is C11H12N4S2. The highest BCUT2D eigenvalue weighted by molar-refractivity contribution is 7.98. The molecule has 1 aromatic heterocycles. The third kappa shape index (κ3) is 3.47. The number of nitrogens with two attached hydrogens (primary N) is 1. The fraction of sp³-hybridized carbons (Fsp3) is 0.0909. The van der Waals surface area contributed by atoms with E-state index in [4.69, 9.17) is 5.73 Å². The summed E-state index contributed by atoms with van der Waals surface area (Å²) < 4.78 is 0. The van der Waals surface area contributed by atoms with Crippen LogP contribution in [0.2, 0.25) is 0 Å². The molecule has 2 rings (SSSR count). The number of nitrogens with zero attached hydrogens (tertiary/aromatic N) is 2. The SMILES string of the molecule is CSc1ccc(C=NNc2nc(N)cs2)cc1. The van der Waals surface area contributed by atoms with Gasteiger partial charge in [0.15, 0.2) is 0 Å². The Morgan fingerprint density at radius 2 is 2.18 bits per heavy atom. The second-order valence-electron chi connectivity index (χ2n) is 3.22. The molecule has 0 radical (unpaired) electrons. The average molecular weight is 264 g/mol. The van der Waals surface area contributed by atoms with E-state index in [9.17, 15) is 0 Å². The zero-order valence-corrected chi connectivity index (χ0v) is 10.9. The molecule has 4 nitrogen and oxygen atoms in total. The van der Waals surface area contributed by atoms with Gasteiger partial charge in [-0.3, -0.25) is 5.43 Å². The molecule has 0 spiro atoms. The first-order valence-corrected chi connectivity index (χ1v) is 7.02. The number of hydrazone groups is 1. The van der Waals surface area contributed by atoms with Crippen LogP contribution in [-0.4, -0.2) is 17.5 Å². The maximum atomic E-state index is 5.50. The van der Waals surface area contributed by atoms with Gasteiger partial charge < -0.3 is 5.73 Å². The van der Waals surface area contributed by atoms with Gasteiger partial charge in [0.05, 0.1) is 6.21 Å². The van der Waals surface area contributed by atoms with Crippen molar-refractivity contribution in [2.45, 2.75) is 4.90 Å². The van der Waals surface area contributed by atoms with Gasteiger partial charge in [0.1, 0.15) is 5.82 Å². The number of nitrogen functional groups attached to an aromatic ring is 1. The lowest BCUT2D eigenvalue weighted by atomic mass is 10.2. The molecule has 0 fully saturated rings. The minimum absolute atomic E-state index is 0.511. The normalized spacial score (nSPS) is 10.9. The third-order valence-corrected chi connectivity index (χ3v) is 3.52. The summed E-state index contributed by atoms with van der Waals surface area (Å²) in [5, 5.41) is 6.55. The highest BCUT2D eigenvalue weighted by atomic mass is 32.2. The molecule has 0 amide bonds. The molecule has 17 heavy (non-hydrogen) atoms. The van der Waals surface area contributed by atoms with Gasteiger partial charge in [0, 0.05) is 10.3 Å². The lowest BCUT2D eigenvalue weighted by molar-refractivity contribution is 1.29. The van der Waals surface area contributed by atoms with Crippen LogP contribution < -0.4 is 11.2 Å². The number of rotatable bonds is 4. The Balaban J connectivity index is 1.95. The van der Waals surface area contributed by atoms with Crippen molar-refractivity contribution in [3.63, 3.8) is 0 Å². The van der Waals surface area contributed by atoms with Gasteiger partial charge in [-0.1, -0.05) is 12.1 Å². The summed E-state index contributed by atoms with van der Waals surface area (Å²) in [4.78, 5) is 5.28. The second-order valence-corrected chi connectivity index (χ2v) is 4.96. The Morgan fingerprint density at radius 1 is 1.41 bits per heavy atom. The quantitative estimate of drug-likeness (QED) is 0.506. The molecule has 0 saturated heterocycles. The number of aromatic nitrogens is 1. The van der Waals surface area contributed by atoms with E-state index in [2.05, 4.69) is 33.9 Å². The summed E-state index contributed by atoms with van der Waals surface area (Å²) in [6.45, 7) is 0. The number of thioether (sulfide) groups is 1. The van der Waals surface area contributed by atoms with Crippen molar-refractivity contribution in [2.75, 3.05) is 17.4 Å². The van der Waals surface area contributed by atoms with Gasteiger partial charge in [-0.2, -0.15) is 5.10 Å². The lowest BCUT2D eigenvalue weighted by Gasteiger charge is -1.96. The summed E-state index contributed by atoms with van der Waals surface area (Å²) >= 11 is 3.15. The first kappa shape index (κ1) is 11.9. The van der Waals surface area contributed by atoms with Crippen molar-refractivity contribution < 1.29 is 0 Å². The van der Waals surface area contributed by atoms with E-state index < -0.39 is 0 Å². The van der Waals surface area contributed by atoms with Crippen LogP contribution in [0.3, 0.4) is 0 Å². The Kier molecular flexibility index (Phi) is 4.00. The summed E-state index contributed by atoms with van der Waals surface area (Å²) in [5.74, 6) is 0.511. The summed E-state index contributed by atoms with van der Waals surface area (Å²) in [5.41, 5.74) is 9.37. The van der Waals surface area contributed by atoms with Crippen molar-refractivity contribution in [3.8, 4) is 0 Å². The molecule has 88 valence electrons. The van der Waals surface area contributed by atoms with E-state index in [1.54, 1.807) is 23.4 Å². The molecule has 1 heterocycles. The first-order valence-electron chi connectivity index (χ1n) is 4.92. The maximum absolute atomic E-state index is 5.50. The molecule has 0 unspecified atom stereocenters. The van der Waals surface area contributed by atoms with Gasteiger partial charge >= 0.3 is 0 Å². The number of hydrogen-bond donors (Lipinski definition) is 2. The Hall–Kier alpha value is -1.53. The predicted octanol–water partition coefficient (Wildman–Crippen LogP) is 2.89. The van der Waals surface area contributed by atoms with Crippen LogP contribution >= 0.6 is 23.1 Å². The fourth-order valence-electron chi connectivity index (χ4n) is 1.19. The number of anilines is 2. The minimum Gasteiger partial charge on any atom is -0.383 e. The molecule has 0 aliphatic rings. The zero-order valence-electron chi connectivity index (χ0n) is 9.25. The van der Waals surface area contributed by atoms with Crippen LogP contribution in [0.5, 0.6) is 0 Å². The maximum Gasteiger partial charge on any atom is 0.205 e. The predicted molar refractivity (Wildman–Crippen MR) is 76.0 cm³/mol. The fourth-order valence-corrected chi connectivity index (χ4v) is 2.15. The number of benzene rings is 1. The Labute approximate surface area is 108 Å². The molecule has 0 aliphatic carbocycles. The van der Waals surface area contributed by atoms with Crippen LogP contribution in [0.1, 0.15) is 5.56 Å². The standard InChI is InChI=1S/C11H12N4S2/c1-16-9-4-2-8(3-5-9)6-13-15-11-14-10(12)7-17-11/h2-7H,12H2,1H3,(H,14,15). The first-order chi connectivity index (χ1) is 8.28. The van der Waals surface area contributed by atoms with E-state index in [0.29, 0.717) is 10.9 Å². The van der Waals surface area contributed by atoms with Gasteiger partial charge in [-0.05, 0) is 24.0 Å². The summed E-state index contributed by atoms with van der Waals surface area (Å²) in [7, 11) is 0. The summed E-state index contributed by atoms with van der Waals surface area (Å²) in [6, 6.07) is 8.17. The Morgan fingerprint density at radius 3 is 2.76 bits per heavy atom. The van der Waals surface area contributed by atoms with Crippen molar-refractivity contribution in [1.82, 2.24) is 4.98 Å². The average Bonchev–Trinajstić information content (AvgIpc) is 2.76. The number of nitrogens with one attached hydrogen (secondary N) is 1. The van der Waals surface area contributed by atoms with Crippen LogP contribution in [0.15, 0.2) is 39.6 Å². The number of thiazole rings is 1. The highest BCUT2D eigenvalue weighted by Gasteiger charge is 1.95. The molecule has 0 bridgehead atoms. The second kappa shape index (κ2) is 5.70. The van der Waals surface area contributed by atoms with E-state index in [-0.39, 0.29) is 0 Å². The molecule has 3 N–H and O–H groups in total.